The molecule has 0 saturated carbocycles. The van der Waals surface area contributed by atoms with Crippen LogP contribution >= 0.6 is 22.7 Å². The summed E-state index contributed by atoms with van der Waals surface area (Å²) in [5, 5.41) is 17.7. The van der Waals surface area contributed by atoms with Crippen molar-refractivity contribution in [1.82, 2.24) is 4.68 Å². The fourth-order valence-electron chi connectivity index (χ4n) is 2.21. The number of thiophene rings is 1. The third-order valence-electron chi connectivity index (χ3n) is 3.58. The molecule has 3 rings (SSSR count). The lowest BCUT2D eigenvalue weighted by Gasteiger charge is -2.01. The van der Waals surface area contributed by atoms with Gasteiger partial charge >= 0.3 is 0 Å². The van der Waals surface area contributed by atoms with Crippen LogP contribution in [0, 0.1) is 11.3 Å². The molecule has 0 unspecified atom stereocenters. The van der Waals surface area contributed by atoms with E-state index in [0.29, 0.717) is 5.56 Å². The summed E-state index contributed by atoms with van der Waals surface area (Å²) in [6.45, 7) is 2.98. The Morgan fingerprint density at radius 3 is 2.72 bits per heavy atom. The van der Waals surface area contributed by atoms with Gasteiger partial charge in [0.25, 0.3) is 0 Å². The predicted molar refractivity (Wildman–Crippen MR) is 105 cm³/mol. The molecule has 6 heteroatoms. The number of nitrogens with zero attached hydrogens (tertiary/aromatic N) is 4. The molecule has 4 nitrogen and oxygen atoms in total. The number of hydrogen-bond donors (Lipinski definition) is 0. The molecular weight excluding hydrogens is 348 g/mol. The SMILES string of the molecule is CCCCN=c1scc(-c2cccs2)n1/N=C/c1ccc(C#N)cc1. The van der Waals surface area contributed by atoms with Crippen molar-refractivity contribution in [3.05, 3.63) is 63.1 Å². The second-order valence-electron chi connectivity index (χ2n) is 5.41. The number of hydrogen-bond acceptors (Lipinski definition) is 5. The number of unbranched alkanes of at least 4 members (excludes halogenated alkanes) is 1. The Balaban J connectivity index is 1.96. The van der Waals surface area contributed by atoms with Gasteiger partial charge in [0.1, 0.15) is 0 Å². The molecule has 0 aliphatic carbocycles. The third-order valence-corrected chi connectivity index (χ3v) is 5.33. The fourth-order valence-corrected chi connectivity index (χ4v) is 3.87. The largest absolute Gasteiger partial charge is 0.257 e. The van der Waals surface area contributed by atoms with Gasteiger partial charge in [0, 0.05) is 11.9 Å². The van der Waals surface area contributed by atoms with Crippen LogP contribution in [0.3, 0.4) is 0 Å². The van der Waals surface area contributed by atoms with E-state index in [-0.39, 0.29) is 0 Å². The van der Waals surface area contributed by atoms with E-state index in [2.05, 4.69) is 34.9 Å². The van der Waals surface area contributed by atoms with Crippen LogP contribution in [0.5, 0.6) is 0 Å². The van der Waals surface area contributed by atoms with Crippen LogP contribution in [0.25, 0.3) is 10.6 Å². The van der Waals surface area contributed by atoms with Gasteiger partial charge in [0.05, 0.1) is 28.4 Å². The van der Waals surface area contributed by atoms with Gasteiger partial charge in [0.2, 0.25) is 4.80 Å². The zero-order chi connectivity index (χ0) is 17.5. The van der Waals surface area contributed by atoms with Crippen molar-refractivity contribution >= 4 is 28.9 Å². The molecule has 2 heterocycles. The highest BCUT2D eigenvalue weighted by molar-refractivity contribution is 7.14. The lowest BCUT2D eigenvalue weighted by Crippen LogP contribution is -2.12. The van der Waals surface area contributed by atoms with E-state index in [1.165, 1.54) is 4.88 Å². The van der Waals surface area contributed by atoms with Crippen molar-refractivity contribution < 1.29 is 0 Å². The van der Waals surface area contributed by atoms with Crippen LogP contribution in [-0.2, 0) is 0 Å². The van der Waals surface area contributed by atoms with E-state index in [0.717, 1.165) is 35.4 Å². The Labute approximate surface area is 155 Å². The Bertz CT molecular complexity index is 939. The summed E-state index contributed by atoms with van der Waals surface area (Å²) in [6, 6.07) is 13.7. The normalized spacial score (nSPS) is 11.9. The van der Waals surface area contributed by atoms with Crippen molar-refractivity contribution in [2.75, 3.05) is 6.54 Å². The fraction of sp³-hybridized carbons (Fsp3) is 0.211. The second-order valence-corrected chi connectivity index (χ2v) is 7.19. The summed E-state index contributed by atoms with van der Waals surface area (Å²) in [6.07, 6.45) is 4.01. The average Bonchev–Trinajstić information content (AvgIpc) is 3.30. The molecule has 0 saturated heterocycles. The molecule has 3 aromatic rings. The van der Waals surface area contributed by atoms with Crippen LogP contribution in [0.2, 0.25) is 0 Å². The number of thiazole rings is 1. The number of benzene rings is 1. The van der Waals surface area contributed by atoms with Gasteiger partial charge in [-0.3, -0.25) is 4.99 Å². The summed E-state index contributed by atoms with van der Waals surface area (Å²) in [5.74, 6) is 0. The van der Waals surface area contributed by atoms with Crippen LogP contribution in [0.4, 0.5) is 0 Å². The zero-order valence-corrected chi connectivity index (χ0v) is 15.6. The topological polar surface area (TPSA) is 53.4 Å². The molecule has 0 spiro atoms. The van der Waals surface area contributed by atoms with Gasteiger partial charge < -0.3 is 0 Å². The highest BCUT2D eigenvalue weighted by Crippen LogP contribution is 2.25. The first-order valence-corrected chi connectivity index (χ1v) is 9.87. The van der Waals surface area contributed by atoms with Crippen molar-refractivity contribution in [1.29, 1.82) is 5.26 Å². The van der Waals surface area contributed by atoms with Crippen molar-refractivity contribution in [3.63, 3.8) is 0 Å². The molecule has 0 radical (unpaired) electrons. The second kappa shape index (κ2) is 8.56. The molecule has 0 N–H and O–H groups in total. The van der Waals surface area contributed by atoms with Gasteiger partial charge in [-0.1, -0.05) is 31.5 Å². The van der Waals surface area contributed by atoms with Crippen LogP contribution < -0.4 is 4.80 Å². The van der Waals surface area contributed by atoms with Crippen molar-refractivity contribution in [2.24, 2.45) is 10.1 Å². The molecule has 2 aromatic heterocycles. The zero-order valence-electron chi connectivity index (χ0n) is 13.9. The number of nitriles is 1. The van der Waals surface area contributed by atoms with Gasteiger partial charge in [-0.2, -0.15) is 10.4 Å². The number of rotatable bonds is 6. The first-order chi connectivity index (χ1) is 12.3. The van der Waals surface area contributed by atoms with E-state index in [1.807, 2.05) is 29.1 Å². The molecule has 126 valence electrons. The summed E-state index contributed by atoms with van der Waals surface area (Å²) in [5.41, 5.74) is 2.66. The highest BCUT2D eigenvalue weighted by atomic mass is 32.1. The van der Waals surface area contributed by atoms with Gasteiger partial charge in [-0.05, 0) is 35.6 Å². The third kappa shape index (κ3) is 4.32. The molecule has 0 fully saturated rings. The smallest absolute Gasteiger partial charge is 0.206 e. The molecule has 0 amide bonds. The average molecular weight is 367 g/mol. The van der Waals surface area contributed by atoms with E-state index in [1.54, 1.807) is 34.8 Å². The molecule has 25 heavy (non-hydrogen) atoms. The molecular formula is C19H18N4S2. The lowest BCUT2D eigenvalue weighted by atomic mass is 10.2. The minimum Gasteiger partial charge on any atom is -0.257 e. The summed E-state index contributed by atoms with van der Waals surface area (Å²) >= 11 is 3.30. The van der Waals surface area contributed by atoms with E-state index in [4.69, 9.17) is 10.3 Å². The quantitative estimate of drug-likeness (QED) is 0.459. The summed E-state index contributed by atoms with van der Waals surface area (Å²) in [7, 11) is 0. The van der Waals surface area contributed by atoms with E-state index in [9.17, 15) is 0 Å². The Morgan fingerprint density at radius 1 is 1.20 bits per heavy atom. The van der Waals surface area contributed by atoms with Crippen LogP contribution in [-0.4, -0.2) is 17.4 Å². The van der Waals surface area contributed by atoms with Gasteiger partial charge in [-0.15, -0.1) is 22.7 Å². The van der Waals surface area contributed by atoms with Gasteiger partial charge in [0.15, 0.2) is 0 Å². The molecule has 0 bridgehead atoms. The van der Waals surface area contributed by atoms with E-state index < -0.39 is 0 Å². The Hall–Kier alpha value is -2.49. The maximum absolute atomic E-state index is 8.89. The lowest BCUT2D eigenvalue weighted by molar-refractivity contribution is 0.764. The Morgan fingerprint density at radius 2 is 2.04 bits per heavy atom. The van der Waals surface area contributed by atoms with Crippen LogP contribution in [0.15, 0.2) is 57.3 Å². The minimum absolute atomic E-state index is 0.648. The van der Waals surface area contributed by atoms with Gasteiger partial charge in [-0.25, -0.2) is 4.68 Å². The predicted octanol–water partition coefficient (Wildman–Crippen LogP) is 4.73. The van der Waals surface area contributed by atoms with Crippen molar-refractivity contribution in [3.8, 4) is 16.6 Å². The van der Waals surface area contributed by atoms with Crippen LogP contribution in [0.1, 0.15) is 30.9 Å². The highest BCUT2D eigenvalue weighted by Gasteiger charge is 2.08. The van der Waals surface area contributed by atoms with Crippen molar-refractivity contribution in [2.45, 2.75) is 19.8 Å². The Kier molecular flexibility index (Phi) is 5.94. The molecule has 0 aliphatic rings. The monoisotopic (exact) mass is 366 g/mol. The molecule has 0 aliphatic heterocycles. The molecule has 1 aromatic carbocycles. The minimum atomic E-state index is 0.648. The maximum atomic E-state index is 8.89. The standard InChI is InChI=1S/C19H18N4S2/c1-2-3-10-21-19-23(17(14-25-19)18-5-4-11-24-18)22-13-16-8-6-15(12-20)7-9-16/h4-9,11,13-14H,2-3,10H2,1H3/b21-19?,22-13+. The first kappa shape index (κ1) is 17.3. The van der Waals surface area contributed by atoms with E-state index >= 15 is 0 Å². The number of aromatic nitrogens is 1. The first-order valence-electron chi connectivity index (χ1n) is 8.11. The maximum Gasteiger partial charge on any atom is 0.206 e. The summed E-state index contributed by atoms with van der Waals surface area (Å²) < 4.78 is 1.91. The summed E-state index contributed by atoms with van der Waals surface area (Å²) in [4.78, 5) is 6.77. The molecule has 0 atom stereocenters.